The molecule has 0 bridgehead atoms. The van der Waals surface area contributed by atoms with Crippen LogP contribution in [0.3, 0.4) is 0 Å². The minimum absolute atomic E-state index is 0.00738. The monoisotopic (exact) mass is 204 g/mol. The molecule has 1 rings (SSSR count). The van der Waals surface area contributed by atoms with Crippen molar-refractivity contribution in [3.8, 4) is 0 Å². The van der Waals surface area contributed by atoms with Gasteiger partial charge in [-0.1, -0.05) is 32.5 Å². The van der Waals surface area contributed by atoms with E-state index in [9.17, 15) is 0 Å². The molecule has 11 heavy (non-hydrogen) atoms. The zero-order valence-corrected chi connectivity index (χ0v) is 11.6. The zero-order chi connectivity index (χ0) is 8.32. The van der Waals surface area contributed by atoms with Crippen molar-refractivity contribution >= 4 is 24.7 Å². The lowest BCUT2D eigenvalue weighted by molar-refractivity contribution is 0.364. The van der Waals surface area contributed by atoms with Gasteiger partial charge in [-0.3, -0.25) is 0 Å². The molecule has 1 atom stereocenters. The molecule has 0 aromatic rings. The van der Waals surface area contributed by atoms with Crippen molar-refractivity contribution in [2.24, 2.45) is 0 Å². The second-order valence-electron chi connectivity index (χ2n) is 3.80. The SMILES string of the molecule is CC[Si]1(CC)CCO[SiH2][SiH]1C. The van der Waals surface area contributed by atoms with Crippen LogP contribution in [0.15, 0.2) is 0 Å². The van der Waals surface area contributed by atoms with Crippen molar-refractivity contribution in [1.29, 1.82) is 0 Å². The Kier molecular flexibility index (Phi) is 3.55. The summed E-state index contributed by atoms with van der Waals surface area (Å²) in [6, 6.07) is 4.60. The maximum atomic E-state index is 5.68. The molecule has 0 amide bonds. The molecule has 1 fully saturated rings. The maximum absolute atomic E-state index is 5.68. The quantitative estimate of drug-likeness (QED) is 0.611. The lowest BCUT2D eigenvalue weighted by Crippen LogP contribution is -2.56. The van der Waals surface area contributed by atoms with E-state index in [1.807, 2.05) is 0 Å². The van der Waals surface area contributed by atoms with E-state index in [0.717, 1.165) is 6.61 Å². The highest BCUT2D eigenvalue weighted by molar-refractivity contribution is 7.51. The van der Waals surface area contributed by atoms with Crippen molar-refractivity contribution in [2.45, 2.75) is 38.5 Å². The highest BCUT2D eigenvalue weighted by atomic mass is 29.6. The van der Waals surface area contributed by atoms with Crippen LogP contribution in [0.4, 0.5) is 0 Å². The molecular formula is C7H20OSi3. The molecule has 0 aliphatic carbocycles. The lowest BCUT2D eigenvalue weighted by Gasteiger charge is -2.38. The van der Waals surface area contributed by atoms with Gasteiger partial charge in [0.05, 0.1) is 0 Å². The second-order valence-corrected chi connectivity index (χ2v) is 24.7. The Morgan fingerprint density at radius 1 is 1.45 bits per heavy atom. The van der Waals surface area contributed by atoms with Gasteiger partial charge in [0.2, 0.25) is 0 Å². The number of hydrogen-bond donors (Lipinski definition) is 0. The molecule has 0 aromatic heterocycles. The largest absolute Gasteiger partial charge is 0.428 e. The van der Waals surface area contributed by atoms with Gasteiger partial charge in [0.25, 0.3) is 0 Å². The molecule has 4 heteroatoms. The molecule has 0 N–H and O–H groups in total. The number of rotatable bonds is 2. The Bertz CT molecular complexity index is 125. The first-order chi connectivity index (χ1) is 5.25. The lowest BCUT2D eigenvalue weighted by atomic mass is 10.9. The second kappa shape index (κ2) is 4.02. The molecule has 0 spiro atoms. The van der Waals surface area contributed by atoms with Crippen molar-refractivity contribution in [3.63, 3.8) is 0 Å². The van der Waals surface area contributed by atoms with E-state index in [-0.39, 0.29) is 17.1 Å². The first-order valence-electron chi connectivity index (χ1n) is 4.83. The summed E-state index contributed by atoms with van der Waals surface area (Å²) in [5.74, 6) is 0. The third-order valence-corrected chi connectivity index (χ3v) is 31.8. The minimum Gasteiger partial charge on any atom is -0.428 e. The summed E-state index contributed by atoms with van der Waals surface area (Å²) in [7, 11) is -0.941. The molecule has 0 aromatic carbocycles. The summed E-state index contributed by atoms with van der Waals surface area (Å²) in [5.41, 5.74) is 0. The molecule has 66 valence electrons. The standard InChI is InChI=1S/C7H20OSi3/c1-4-11(5-2)7-6-8-9-10(11)3/h10H,4-7,9H2,1-3H3. The third-order valence-electron chi connectivity index (χ3n) is 3.57. The van der Waals surface area contributed by atoms with Crippen LogP contribution in [0, 0.1) is 0 Å². The minimum atomic E-state index is -0.658. The molecular weight excluding hydrogens is 184 g/mol. The Balaban J connectivity index is 2.61. The van der Waals surface area contributed by atoms with E-state index in [1.54, 1.807) is 12.1 Å². The van der Waals surface area contributed by atoms with Crippen LogP contribution in [0.5, 0.6) is 0 Å². The Morgan fingerprint density at radius 3 is 2.45 bits per heavy atom. The van der Waals surface area contributed by atoms with Crippen LogP contribution in [0.2, 0.25) is 24.7 Å². The van der Waals surface area contributed by atoms with Crippen LogP contribution in [-0.2, 0) is 4.43 Å². The average molecular weight is 204 g/mol. The van der Waals surface area contributed by atoms with Crippen molar-refractivity contribution in [1.82, 2.24) is 0 Å². The van der Waals surface area contributed by atoms with Crippen LogP contribution in [0.1, 0.15) is 13.8 Å². The van der Waals surface area contributed by atoms with Gasteiger partial charge in [-0.2, -0.15) is 0 Å². The predicted octanol–water partition coefficient (Wildman–Crippen LogP) is 1.02. The molecule has 0 radical (unpaired) electrons. The van der Waals surface area contributed by atoms with E-state index in [0.29, 0.717) is 0 Å². The summed E-state index contributed by atoms with van der Waals surface area (Å²) >= 11 is 0. The zero-order valence-electron chi connectivity index (χ0n) is 8.02. The Morgan fingerprint density at radius 2 is 2.09 bits per heavy atom. The normalized spacial score (nSPS) is 32.5. The Hall–Kier alpha value is 0.611. The van der Waals surface area contributed by atoms with Gasteiger partial charge in [-0.25, -0.2) is 0 Å². The fourth-order valence-corrected chi connectivity index (χ4v) is 27.1. The van der Waals surface area contributed by atoms with Gasteiger partial charge in [0, 0.05) is 22.0 Å². The molecule has 1 saturated heterocycles. The fourth-order valence-electron chi connectivity index (χ4n) is 2.26. The van der Waals surface area contributed by atoms with E-state index >= 15 is 0 Å². The molecule has 1 heterocycles. The predicted molar refractivity (Wildman–Crippen MR) is 59.0 cm³/mol. The summed E-state index contributed by atoms with van der Waals surface area (Å²) in [6.45, 7) is 8.58. The van der Waals surface area contributed by atoms with Gasteiger partial charge in [0.15, 0.2) is 0 Å². The van der Waals surface area contributed by atoms with Crippen LogP contribution in [0.25, 0.3) is 0 Å². The highest BCUT2D eigenvalue weighted by Crippen LogP contribution is 2.25. The van der Waals surface area contributed by atoms with E-state index < -0.39 is 7.59 Å². The molecule has 0 saturated carbocycles. The summed E-state index contributed by atoms with van der Waals surface area (Å²) in [6.07, 6.45) is 0. The van der Waals surface area contributed by atoms with Gasteiger partial charge < -0.3 is 4.43 Å². The average Bonchev–Trinajstić information content (AvgIpc) is 2.06. The van der Waals surface area contributed by atoms with Gasteiger partial charge >= 0.3 is 0 Å². The summed E-state index contributed by atoms with van der Waals surface area (Å²) in [4.78, 5) is 0. The van der Waals surface area contributed by atoms with E-state index in [1.165, 1.54) is 6.04 Å². The van der Waals surface area contributed by atoms with Gasteiger partial charge in [0.1, 0.15) is 9.28 Å². The van der Waals surface area contributed by atoms with Crippen LogP contribution in [-0.4, -0.2) is 31.3 Å². The van der Waals surface area contributed by atoms with E-state index in [2.05, 4.69) is 20.4 Å². The smallest absolute Gasteiger partial charge is 0.144 e. The van der Waals surface area contributed by atoms with Crippen molar-refractivity contribution in [2.75, 3.05) is 6.61 Å². The maximum Gasteiger partial charge on any atom is 0.144 e. The first kappa shape index (κ1) is 9.70. The molecule has 1 unspecified atom stereocenters. The number of hydrogen-bond acceptors (Lipinski definition) is 1. The molecule has 1 aliphatic rings. The Labute approximate surface area is 74.7 Å². The highest BCUT2D eigenvalue weighted by Gasteiger charge is 2.38. The van der Waals surface area contributed by atoms with Crippen molar-refractivity contribution < 1.29 is 4.43 Å². The summed E-state index contributed by atoms with van der Waals surface area (Å²) < 4.78 is 5.68. The van der Waals surface area contributed by atoms with Crippen molar-refractivity contribution in [3.05, 3.63) is 0 Å². The van der Waals surface area contributed by atoms with E-state index in [4.69, 9.17) is 4.43 Å². The molecule has 1 nitrogen and oxygen atoms in total. The van der Waals surface area contributed by atoms with Crippen LogP contribution < -0.4 is 0 Å². The topological polar surface area (TPSA) is 9.23 Å². The van der Waals surface area contributed by atoms with Gasteiger partial charge in [-0.05, 0) is 6.04 Å². The fraction of sp³-hybridized carbons (Fsp3) is 1.00. The molecule has 1 aliphatic heterocycles. The summed E-state index contributed by atoms with van der Waals surface area (Å²) in [5, 5.41) is 0. The van der Waals surface area contributed by atoms with Crippen LogP contribution >= 0.6 is 0 Å². The third kappa shape index (κ3) is 1.85. The van der Waals surface area contributed by atoms with Gasteiger partial charge in [-0.15, -0.1) is 0 Å². The first-order valence-corrected chi connectivity index (χ1v) is 14.3.